The van der Waals surface area contributed by atoms with Crippen LogP contribution in [-0.2, 0) is 13.3 Å². The van der Waals surface area contributed by atoms with Gasteiger partial charge in [-0.15, -0.1) is 0 Å². The summed E-state index contributed by atoms with van der Waals surface area (Å²) in [4.78, 5) is 10.6. The van der Waals surface area contributed by atoms with Crippen LogP contribution in [0.25, 0.3) is 0 Å². The highest BCUT2D eigenvalue weighted by Crippen LogP contribution is 2.19. The Morgan fingerprint density at radius 2 is 1.67 bits per heavy atom. The Bertz CT molecular complexity index is 176. The highest BCUT2D eigenvalue weighted by Gasteiger charge is 2.37. The van der Waals surface area contributed by atoms with E-state index in [-0.39, 0.29) is 5.97 Å². The van der Waals surface area contributed by atoms with E-state index in [9.17, 15) is 4.79 Å². The number of hydrogen-bond acceptors (Lipinski definition) is 3. The van der Waals surface area contributed by atoms with Crippen molar-refractivity contribution in [3.8, 4) is 0 Å². The van der Waals surface area contributed by atoms with Crippen LogP contribution in [-0.4, -0.2) is 22.2 Å². The first-order valence-corrected chi connectivity index (χ1v) is 10.4. The Morgan fingerprint density at radius 1 is 1.25 bits per heavy atom. The largest absolute Gasteiger partial charge is 0.493 e. The summed E-state index contributed by atoms with van der Waals surface area (Å²) in [7, 11) is -4.42. The fourth-order valence-corrected chi connectivity index (χ4v) is 8.29. The SMILES string of the molecule is CC(=O)O[Si](C)(Cl)O[Si](C)(C)C. The third-order valence-corrected chi connectivity index (χ3v) is 6.30. The van der Waals surface area contributed by atoms with Gasteiger partial charge in [0.15, 0.2) is 8.32 Å². The molecular weight excluding hydrogens is 212 g/mol. The summed E-state index contributed by atoms with van der Waals surface area (Å²) in [6.07, 6.45) is 0. The average molecular weight is 227 g/mol. The summed E-state index contributed by atoms with van der Waals surface area (Å²) in [5, 5.41) is 0. The van der Waals surface area contributed by atoms with Crippen molar-refractivity contribution in [2.45, 2.75) is 33.1 Å². The third kappa shape index (κ3) is 6.84. The Labute approximate surface area is 80.1 Å². The lowest BCUT2D eigenvalue weighted by Gasteiger charge is -2.27. The van der Waals surface area contributed by atoms with E-state index >= 15 is 0 Å². The summed E-state index contributed by atoms with van der Waals surface area (Å²) in [5.74, 6) is -0.377. The molecule has 72 valence electrons. The van der Waals surface area contributed by atoms with Crippen LogP contribution in [0.15, 0.2) is 0 Å². The molecular formula is C6H15ClO3Si2. The first-order valence-electron chi connectivity index (χ1n) is 3.71. The van der Waals surface area contributed by atoms with Crippen LogP contribution in [0.2, 0.25) is 26.2 Å². The molecule has 0 spiro atoms. The molecule has 0 fully saturated rings. The van der Waals surface area contributed by atoms with E-state index in [1.54, 1.807) is 6.55 Å². The van der Waals surface area contributed by atoms with Crippen LogP contribution in [0.4, 0.5) is 0 Å². The predicted molar refractivity (Wildman–Crippen MR) is 53.7 cm³/mol. The van der Waals surface area contributed by atoms with Gasteiger partial charge in [-0.2, -0.15) is 0 Å². The molecule has 12 heavy (non-hydrogen) atoms. The predicted octanol–water partition coefficient (Wildman–Crippen LogP) is 2.21. The third-order valence-electron chi connectivity index (χ3n) is 0.815. The topological polar surface area (TPSA) is 35.5 Å². The molecule has 0 aromatic carbocycles. The molecule has 0 amide bonds. The van der Waals surface area contributed by atoms with Crippen molar-refractivity contribution in [1.29, 1.82) is 0 Å². The zero-order valence-corrected chi connectivity index (χ0v) is 10.9. The van der Waals surface area contributed by atoms with Crippen molar-refractivity contribution < 1.29 is 13.3 Å². The van der Waals surface area contributed by atoms with Gasteiger partial charge in [0.2, 0.25) is 0 Å². The lowest BCUT2D eigenvalue weighted by atomic mass is 10.9. The normalized spacial score (nSPS) is 16.8. The van der Waals surface area contributed by atoms with Gasteiger partial charge in [-0.3, -0.25) is 4.79 Å². The highest BCUT2D eigenvalue weighted by molar-refractivity contribution is 7.15. The number of rotatable bonds is 3. The summed E-state index contributed by atoms with van der Waals surface area (Å²) >= 11 is 5.92. The number of halogens is 1. The Balaban J connectivity index is 4.13. The van der Waals surface area contributed by atoms with Gasteiger partial charge in [-0.1, -0.05) is 11.1 Å². The summed E-state index contributed by atoms with van der Waals surface area (Å²) in [6, 6.07) is 0. The maximum Gasteiger partial charge on any atom is 0.493 e. The van der Waals surface area contributed by atoms with Gasteiger partial charge in [0.05, 0.1) is 0 Å². The molecule has 0 rings (SSSR count). The zero-order valence-electron chi connectivity index (χ0n) is 8.10. The van der Waals surface area contributed by atoms with E-state index in [0.29, 0.717) is 0 Å². The maximum absolute atomic E-state index is 10.6. The minimum atomic E-state index is -2.72. The van der Waals surface area contributed by atoms with Crippen molar-refractivity contribution in [3.05, 3.63) is 0 Å². The van der Waals surface area contributed by atoms with Crippen molar-refractivity contribution in [3.63, 3.8) is 0 Å². The summed E-state index contributed by atoms with van der Waals surface area (Å²) < 4.78 is 10.4. The van der Waals surface area contributed by atoms with Gasteiger partial charge in [0.1, 0.15) is 0 Å². The van der Waals surface area contributed by atoms with Gasteiger partial charge in [-0.05, 0) is 19.6 Å². The van der Waals surface area contributed by atoms with E-state index in [0.717, 1.165) is 0 Å². The second-order valence-electron chi connectivity index (χ2n) is 3.64. The highest BCUT2D eigenvalue weighted by atomic mass is 35.6. The first-order chi connectivity index (χ1) is 5.12. The van der Waals surface area contributed by atoms with Crippen LogP contribution < -0.4 is 0 Å². The Morgan fingerprint density at radius 3 is 1.92 bits per heavy atom. The molecule has 3 nitrogen and oxygen atoms in total. The van der Waals surface area contributed by atoms with E-state index in [2.05, 4.69) is 0 Å². The average Bonchev–Trinajstić information content (AvgIpc) is 1.48. The van der Waals surface area contributed by atoms with Gasteiger partial charge >= 0.3 is 7.87 Å². The van der Waals surface area contributed by atoms with Gasteiger partial charge in [0, 0.05) is 13.5 Å². The van der Waals surface area contributed by atoms with Crippen LogP contribution in [0, 0.1) is 0 Å². The van der Waals surface area contributed by atoms with Gasteiger partial charge in [0.25, 0.3) is 5.97 Å². The molecule has 0 N–H and O–H groups in total. The van der Waals surface area contributed by atoms with E-state index in [1.165, 1.54) is 6.92 Å². The molecule has 0 saturated carbocycles. The van der Waals surface area contributed by atoms with E-state index in [4.69, 9.17) is 19.6 Å². The molecule has 6 heteroatoms. The lowest BCUT2D eigenvalue weighted by molar-refractivity contribution is -0.133. The Kier molecular flexibility index (Phi) is 3.96. The van der Waals surface area contributed by atoms with Crippen LogP contribution in [0.5, 0.6) is 0 Å². The molecule has 0 aliphatic carbocycles. The van der Waals surface area contributed by atoms with Crippen LogP contribution >= 0.6 is 11.1 Å². The lowest BCUT2D eigenvalue weighted by Crippen LogP contribution is -2.43. The maximum atomic E-state index is 10.6. The summed E-state index contributed by atoms with van der Waals surface area (Å²) in [5.41, 5.74) is 0. The number of carbonyl (C=O) groups is 1. The monoisotopic (exact) mass is 226 g/mol. The molecule has 0 saturated heterocycles. The second-order valence-corrected chi connectivity index (χ2v) is 12.6. The molecule has 0 aliphatic heterocycles. The van der Waals surface area contributed by atoms with Crippen LogP contribution in [0.1, 0.15) is 6.92 Å². The summed E-state index contributed by atoms with van der Waals surface area (Å²) in [6.45, 7) is 9.01. The molecule has 0 heterocycles. The molecule has 0 aliphatic rings. The Hall–Kier alpha value is 0.154. The standard InChI is InChI=1S/C6H15ClO3Si2/c1-6(8)9-12(5,7)10-11(2,3)4/h1-5H3. The molecule has 0 aromatic heterocycles. The fourth-order valence-electron chi connectivity index (χ4n) is 0.824. The quantitative estimate of drug-likeness (QED) is 0.547. The second kappa shape index (κ2) is 3.91. The minimum absolute atomic E-state index is 0.377. The smallest absolute Gasteiger partial charge is 0.483 e. The van der Waals surface area contributed by atoms with Gasteiger partial charge in [-0.25, -0.2) is 0 Å². The molecule has 1 atom stereocenters. The van der Waals surface area contributed by atoms with Crippen molar-refractivity contribution >= 4 is 33.2 Å². The number of carbonyl (C=O) groups excluding carboxylic acids is 1. The minimum Gasteiger partial charge on any atom is -0.483 e. The van der Waals surface area contributed by atoms with Gasteiger partial charge < -0.3 is 8.54 Å². The molecule has 0 aromatic rings. The van der Waals surface area contributed by atoms with Crippen LogP contribution in [0.3, 0.4) is 0 Å². The van der Waals surface area contributed by atoms with E-state index < -0.39 is 16.2 Å². The molecule has 0 bridgehead atoms. The number of hydrogen-bond donors (Lipinski definition) is 0. The van der Waals surface area contributed by atoms with E-state index in [1.807, 2.05) is 19.6 Å². The molecule has 0 radical (unpaired) electrons. The van der Waals surface area contributed by atoms with Crippen molar-refractivity contribution in [1.82, 2.24) is 0 Å². The fraction of sp³-hybridized carbons (Fsp3) is 0.833. The first kappa shape index (κ1) is 12.2. The van der Waals surface area contributed by atoms with Crippen molar-refractivity contribution in [2.24, 2.45) is 0 Å². The molecule has 1 unspecified atom stereocenters. The van der Waals surface area contributed by atoms with Crippen molar-refractivity contribution in [2.75, 3.05) is 0 Å². The zero-order chi connectivity index (χ0) is 9.99.